The summed E-state index contributed by atoms with van der Waals surface area (Å²) in [5.41, 5.74) is 0. The van der Waals surface area contributed by atoms with Crippen molar-refractivity contribution in [2.24, 2.45) is 0 Å². The van der Waals surface area contributed by atoms with Crippen molar-refractivity contribution in [1.29, 1.82) is 0 Å². The molecule has 0 spiro atoms. The van der Waals surface area contributed by atoms with Gasteiger partial charge in [-0.25, -0.2) is 0 Å². The Kier molecular flexibility index (Phi) is 4.11. The van der Waals surface area contributed by atoms with Crippen LogP contribution in [0.15, 0.2) is 57.7 Å². The number of ether oxygens (including phenoxy) is 1. The van der Waals surface area contributed by atoms with Gasteiger partial charge in [-0.2, -0.15) is 0 Å². The molecule has 0 saturated carbocycles. The lowest BCUT2D eigenvalue weighted by atomic mass is 10.3. The summed E-state index contributed by atoms with van der Waals surface area (Å²) in [5.74, 6) is 1.21. The minimum absolute atomic E-state index is 0.160. The Bertz CT molecular complexity index is 767. The Balaban J connectivity index is 1.60. The molecule has 0 radical (unpaired) electrons. The van der Waals surface area contributed by atoms with Crippen LogP contribution in [0.2, 0.25) is 5.02 Å². The van der Waals surface area contributed by atoms with Gasteiger partial charge in [-0.15, -0.1) is 0 Å². The second-order valence-corrected chi connectivity index (χ2v) is 4.79. The monoisotopic (exact) mass is 318 g/mol. The number of nitrogens with zero attached hydrogens (tertiary/aromatic N) is 1. The number of benzene rings is 1. The number of hydrogen-bond acceptors (Lipinski definition) is 5. The van der Waals surface area contributed by atoms with E-state index in [2.05, 4.69) is 15.0 Å². The molecular weight excluding hydrogens is 308 g/mol. The van der Waals surface area contributed by atoms with Crippen LogP contribution in [0.1, 0.15) is 16.3 Å². The summed E-state index contributed by atoms with van der Waals surface area (Å²) in [6.45, 7) is 0.192. The lowest BCUT2D eigenvalue weighted by Crippen LogP contribution is -2.10. The molecule has 0 aliphatic rings. The topological polar surface area (TPSA) is 77.5 Å². The Morgan fingerprint density at radius 2 is 2.18 bits per heavy atom. The fourth-order valence-electron chi connectivity index (χ4n) is 1.74. The summed E-state index contributed by atoms with van der Waals surface area (Å²) < 4.78 is 15.6. The normalized spacial score (nSPS) is 10.4. The Morgan fingerprint density at radius 1 is 1.27 bits per heavy atom. The fourth-order valence-corrected chi connectivity index (χ4v) is 1.92. The molecule has 6 nitrogen and oxygen atoms in total. The molecule has 0 fully saturated rings. The number of furan rings is 1. The van der Waals surface area contributed by atoms with E-state index in [4.69, 9.17) is 20.8 Å². The predicted octanol–water partition coefficient (Wildman–Crippen LogP) is 3.75. The zero-order valence-electron chi connectivity index (χ0n) is 11.3. The summed E-state index contributed by atoms with van der Waals surface area (Å²) in [5, 5.41) is 6.71. The maximum Gasteiger partial charge on any atom is 0.292 e. The summed E-state index contributed by atoms with van der Waals surface area (Å²) >= 11 is 5.87. The summed E-state index contributed by atoms with van der Waals surface area (Å²) in [7, 11) is 0. The average molecular weight is 319 g/mol. The highest BCUT2D eigenvalue weighted by molar-refractivity contribution is 6.30. The van der Waals surface area contributed by atoms with Crippen LogP contribution < -0.4 is 10.1 Å². The molecule has 0 unspecified atom stereocenters. The van der Waals surface area contributed by atoms with E-state index in [0.29, 0.717) is 22.4 Å². The number of nitrogens with one attached hydrogen (secondary N) is 1. The van der Waals surface area contributed by atoms with E-state index in [9.17, 15) is 4.79 Å². The Morgan fingerprint density at radius 3 is 2.95 bits per heavy atom. The molecule has 0 saturated heterocycles. The number of rotatable bonds is 5. The maximum absolute atomic E-state index is 11.9. The van der Waals surface area contributed by atoms with Crippen LogP contribution in [0.25, 0.3) is 0 Å². The van der Waals surface area contributed by atoms with Crippen LogP contribution in [-0.4, -0.2) is 11.1 Å². The minimum atomic E-state index is -0.414. The highest BCUT2D eigenvalue weighted by Crippen LogP contribution is 2.19. The van der Waals surface area contributed by atoms with Crippen LogP contribution in [0.3, 0.4) is 0 Å². The summed E-state index contributed by atoms with van der Waals surface area (Å²) in [4.78, 5) is 11.9. The zero-order chi connectivity index (χ0) is 15.4. The molecule has 0 aliphatic heterocycles. The van der Waals surface area contributed by atoms with E-state index < -0.39 is 5.91 Å². The van der Waals surface area contributed by atoms with Gasteiger partial charge in [-0.1, -0.05) is 22.8 Å². The quantitative estimate of drug-likeness (QED) is 0.775. The number of anilines is 1. The predicted molar refractivity (Wildman–Crippen MR) is 78.9 cm³/mol. The third-order valence-corrected chi connectivity index (χ3v) is 2.98. The molecule has 1 N–H and O–H groups in total. The van der Waals surface area contributed by atoms with E-state index in [1.165, 1.54) is 12.3 Å². The SMILES string of the molecule is O=C(Nc1ccon1)c1ccc(COc2cccc(Cl)c2)o1. The molecule has 3 rings (SSSR count). The molecule has 2 aromatic heterocycles. The van der Waals surface area contributed by atoms with Gasteiger partial charge in [0.05, 0.1) is 0 Å². The van der Waals surface area contributed by atoms with Crippen molar-refractivity contribution >= 4 is 23.3 Å². The molecule has 7 heteroatoms. The van der Waals surface area contributed by atoms with Crippen molar-refractivity contribution < 1.29 is 18.5 Å². The number of carbonyl (C=O) groups is 1. The standard InChI is InChI=1S/C15H11ClN2O4/c16-10-2-1-3-11(8-10)20-9-12-4-5-13(22-12)15(19)17-14-6-7-21-18-14/h1-8H,9H2,(H,17,18,19). The molecule has 2 heterocycles. The highest BCUT2D eigenvalue weighted by atomic mass is 35.5. The van der Waals surface area contributed by atoms with Crippen molar-refractivity contribution in [3.8, 4) is 5.75 Å². The first kappa shape index (κ1) is 14.2. The van der Waals surface area contributed by atoms with E-state index in [1.54, 1.807) is 36.4 Å². The van der Waals surface area contributed by atoms with Gasteiger partial charge in [-0.05, 0) is 30.3 Å². The number of hydrogen-bond donors (Lipinski definition) is 1. The van der Waals surface area contributed by atoms with Crippen LogP contribution in [0.5, 0.6) is 5.75 Å². The highest BCUT2D eigenvalue weighted by Gasteiger charge is 2.13. The molecule has 0 atom stereocenters. The Labute approximate surface area is 130 Å². The third kappa shape index (κ3) is 3.48. The van der Waals surface area contributed by atoms with E-state index in [-0.39, 0.29) is 12.4 Å². The average Bonchev–Trinajstić information content (AvgIpc) is 3.16. The van der Waals surface area contributed by atoms with E-state index >= 15 is 0 Å². The first-order valence-corrected chi connectivity index (χ1v) is 6.77. The van der Waals surface area contributed by atoms with Crippen molar-refractivity contribution in [1.82, 2.24) is 5.16 Å². The van der Waals surface area contributed by atoms with Gasteiger partial charge in [0.1, 0.15) is 24.4 Å². The number of halogens is 1. The molecule has 112 valence electrons. The van der Waals surface area contributed by atoms with Gasteiger partial charge in [0, 0.05) is 11.1 Å². The van der Waals surface area contributed by atoms with E-state index in [1.807, 2.05) is 0 Å². The number of aromatic nitrogens is 1. The molecule has 1 amide bonds. The maximum atomic E-state index is 11.9. The molecule has 3 aromatic rings. The van der Waals surface area contributed by atoms with Gasteiger partial charge in [0.15, 0.2) is 11.6 Å². The summed E-state index contributed by atoms with van der Waals surface area (Å²) in [6.07, 6.45) is 1.36. The lowest BCUT2D eigenvalue weighted by Gasteiger charge is -2.04. The van der Waals surface area contributed by atoms with Crippen molar-refractivity contribution in [3.05, 3.63) is 65.3 Å². The largest absolute Gasteiger partial charge is 0.486 e. The zero-order valence-corrected chi connectivity index (χ0v) is 12.0. The molecular formula is C15H11ClN2O4. The third-order valence-electron chi connectivity index (χ3n) is 2.74. The Hall–Kier alpha value is -2.73. The fraction of sp³-hybridized carbons (Fsp3) is 0.0667. The van der Waals surface area contributed by atoms with Gasteiger partial charge < -0.3 is 19.0 Å². The summed E-state index contributed by atoms with van der Waals surface area (Å²) in [6, 6.07) is 11.8. The first-order chi connectivity index (χ1) is 10.7. The van der Waals surface area contributed by atoms with E-state index in [0.717, 1.165) is 0 Å². The molecule has 1 aromatic carbocycles. The molecule has 0 aliphatic carbocycles. The van der Waals surface area contributed by atoms with Crippen molar-refractivity contribution in [3.63, 3.8) is 0 Å². The van der Waals surface area contributed by atoms with Gasteiger partial charge in [-0.3, -0.25) is 4.79 Å². The van der Waals surface area contributed by atoms with Gasteiger partial charge in [0.2, 0.25) is 0 Å². The number of carbonyl (C=O) groups excluding carboxylic acids is 1. The van der Waals surface area contributed by atoms with Crippen LogP contribution in [0.4, 0.5) is 5.82 Å². The first-order valence-electron chi connectivity index (χ1n) is 6.39. The second-order valence-electron chi connectivity index (χ2n) is 4.35. The lowest BCUT2D eigenvalue weighted by molar-refractivity contribution is 0.0991. The van der Waals surface area contributed by atoms with Crippen molar-refractivity contribution in [2.45, 2.75) is 6.61 Å². The molecule has 0 bridgehead atoms. The molecule has 22 heavy (non-hydrogen) atoms. The van der Waals surface area contributed by atoms with Gasteiger partial charge >= 0.3 is 0 Å². The van der Waals surface area contributed by atoms with Gasteiger partial charge in [0.25, 0.3) is 5.91 Å². The second kappa shape index (κ2) is 6.36. The van der Waals surface area contributed by atoms with Crippen LogP contribution >= 0.6 is 11.6 Å². The van der Waals surface area contributed by atoms with Crippen LogP contribution in [-0.2, 0) is 6.61 Å². The smallest absolute Gasteiger partial charge is 0.292 e. The number of amides is 1. The minimum Gasteiger partial charge on any atom is -0.486 e. The van der Waals surface area contributed by atoms with Crippen LogP contribution in [0, 0.1) is 0 Å². The van der Waals surface area contributed by atoms with Crippen molar-refractivity contribution in [2.75, 3.05) is 5.32 Å².